The molecule has 1 aromatic carbocycles. The van der Waals surface area contributed by atoms with E-state index in [0.29, 0.717) is 21.8 Å². The van der Waals surface area contributed by atoms with Gasteiger partial charge in [0.1, 0.15) is 12.4 Å². The van der Waals surface area contributed by atoms with Crippen LogP contribution in [0, 0.1) is 17.2 Å². The summed E-state index contributed by atoms with van der Waals surface area (Å²) in [6.45, 7) is 6.45. The molecule has 0 unspecified atom stereocenters. The maximum absolute atomic E-state index is 13.3. The van der Waals surface area contributed by atoms with Crippen molar-refractivity contribution in [3.8, 4) is 0 Å². The minimum atomic E-state index is -0.571. The van der Waals surface area contributed by atoms with Crippen molar-refractivity contribution in [2.24, 2.45) is 11.3 Å². The minimum absolute atomic E-state index is 0.0929. The van der Waals surface area contributed by atoms with Crippen molar-refractivity contribution < 1.29 is 9.18 Å². The number of nitrogens with zero attached hydrogens (tertiary/aromatic N) is 3. The van der Waals surface area contributed by atoms with Crippen LogP contribution in [0.25, 0.3) is 10.2 Å². The zero-order valence-corrected chi connectivity index (χ0v) is 18.5. The van der Waals surface area contributed by atoms with Crippen molar-refractivity contribution >= 4 is 44.7 Å². The molecule has 1 N–H and O–H groups in total. The Morgan fingerprint density at radius 3 is 2.87 bits per heavy atom. The number of hydrogen-bond donors (Lipinski definition) is 1. The average molecular weight is 449 g/mol. The lowest BCUT2D eigenvalue weighted by Crippen LogP contribution is -2.31. The highest BCUT2D eigenvalue weighted by atomic mass is 35.5. The first-order valence-electron chi connectivity index (χ1n) is 9.76. The van der Waals surface area contributed by atoms with Gasteiger partial charge in [-0.3, -0.25) is 9.59 Å². The Balaban J connectivity index is 1.59. The maximum atomic E-state index is 13.3. The Kier molecular flexibility index (Phi) is 5.40. The summed E-state index contributed by atoms with van der Waals surface area (Å²) in [7, 11) is 0. The maximum Gasteiger partial charge on any atom is 0.279 e. The van der Waals surface area contributed by atoms with Gasteiger partial charge in [0.15, 0.2) is 4.83 Å². The number of thiophene rings is 1. The molecule has 9 heteroatoms. The molecule has 4 rings (SSSR count). The quantitative estimate of drug-likeness (QED) is 0.642. The van der Waals surface area contributed by atoms with E-state index in [4.69, 9.17) is 11.6 Å². The largest absolute Gasteiger partial charge is 0.324 e. The number of hydrogen-bond acceptors (Lipinski definition) is 5. The Labute approximate surface area is 182 Å². The lowest BCUT2D eigenvalue weighted by Gasteiger charge is -2.33. The van der Waals surface area contributed by atoms with Gasteiger partial charge < -0.3 is 5.32 Å². The predicted molar refractivity (Wildman–Crippen MR) is 117 cm³/mol. The summed E-state index contributed by atoms with van der Waals surface area (Å²) in [5.41, 5.74) is 1.30. The number of rotatable bonds is 3. The molecular formula is C21H22ClFN4O2S. The number of benzene rings is 1. The lowest BCUT2D eigenvalue weighted by atomic mass is 9.72. The molecule has 0 aliphatic heterocycles. The molecule has 0 saturated carbocycles. The number of carbonyl (C=O) groups is 1. The van der Waals surface area contributed by atoms with E-state index in [2.05, 4.69) is 36.4 Å². The van der Waals surface area contributed by atoms with Crippen LogP contribution in [0.3, 0.4) is 0 Å². The lowest BCUT2D eigenvalue weighted by molar-refractivity contribution is -0.117. The Hall–Kier alpha value is -2.32. The van der Waals surface area contributed by atoms with Crippen LogP contribution in [0.15, 0.2) is 23.0 Å². The monoisotopic (exact) mass is 448 g/mol. The summed E-state index contributed by atoms with van der Waals surface area (Å²) in [6.07, 6.45) is 2.79. The van der Waals surface area contributed by atoms with Gasteiger partial charge in [-0.1, -0.05) is 37.6 Å². The average Bonchev–Trinajstić information content (AvgIpc) is 3.05. The molecule has 3 aromatic rings. The number of nitrogens with one attached hydrogen (secondary N) is 1. The smallest absolute Gasteiger partial charge is 0.279 e. The third-order valence-corrected chi connectivity index (χ3v) is 7.09. The first-order chi connectivity index (χ1) is 14.1. The highest BCUT2D eigenvalue weighted by Crippen LogP contribution is 2.41. The van der Waals surface area contributed by atoms with Crippen molar-refractivity contribution in [2.75, 3.05) is 5.32 Å². The highest BCUT2D eigenvalue weighted by Gasteiger charge is 2.32. The summed E-state index contributed by atoms with van der Waals surface area (Å²) in [6, 6.07) is 3.88. The number of aryl methyl sites for hydroxylation is 1. The van der Waals surface area contributed by atoms with Gasteiger partial charge in [-0.25, -0.2) is 9.07 Å². The van der Waals surface area contributed by atoms with Crippen LogP contribution in [-0.2, 0) is 24.2 Å². The van der Waals surface area contributed by atoms with E-state index in [1.54, 1.807) is 0 Å². The van der Waals surface area contributed by atoms with Gasteiger partial charge in [0, 0.05) is 10.6 Å². The van der Waals surface area contributed by atoms with Gasteiger partial charge in [0.2, 0.25) is 5.91 Å². The molecule has 1 aliphatic rings. The van der Waals surface area contributed by atoms with E-state index in [9.17, 15) is 14.0 Å². The van der Waals surface area contributed by atoms with Crippen molar-refractivity contribution in [3.05, 3.63) is 49.8 Å². The fourth-order valence-corrected chi connectivity index (χ4v) is 5.30. The van der Waals surface area contributed by atoms with Crippen LogP contribution in [0.1, 0.15) is 37.6 Å². The second-order valence-corrected chi connectivity index (χ2v) is 10.2. The van der Waals surface area contributed by atoms with E-state index in [-0.39, 0.29) is 22.5 Å². The SMILES string of the molecule is CC(C)(C)[C@H]1CCc2c(sc3nnn(CC(=O)Nc4ccc(F)c(Cl)c4)c(=O)c23)C1. The third kappa shape index (κ3) is 3.98. The summed E-state index contributed by atoms with van der Waals surface area (Å²) in [5.74, 6) is -0.481. The van der Waals surface area contributed by atoms with Crippen LogP contribution in [0.4, 0.5) is 10.1 Å². The van der Waals surface area contributed by atoms with E-state index in [1.165, 1.54) is 34.4 Å². The second kappa shape index (κ2) is 7.74. The van der Waals surface area contributed by atoms with Crippen LogP contribution in [0.5, 0.6) is 0 Å². The third-order valence-electron chi connectivity index (χ3n) is 5.66. The predicted octanol–water partition coefficient (Wildman–Crippen LogP) is 4.44. The van der Waals surface area contributed by atoms with Gasteiger partial charge in [-0.2, -0.15) is 0 Å². The molecule has 0 fully saturated rings. The van der Waals surface area contributed by atoms with Gasteiger partial charge in [0.25, 0.3) is 5.56 Å². The summed E-state index contributed by atoms with van der Waals surface area (Å²) in [5, 5.41) is 11.2. The molecule has 1 atom stereocenters. The zero-order valence-electron chi connectivity index (χ0n) is 17.0. The normalized spacial score (nSPS) is 16.5. The Morgan fingerprint density at radius 2 is 2.17 bits per heavy atom. The number of fused-ring (bicyclic) bond motifs is 3. The van der Waals surface area contributed by atoms with Crippen molar-refractivity contribution in [2.45, 2.75) is 46.6 Å². The molecule has 30 heavy (non-hydrogen) atoms. The van der Waals surface area contributed by atoms with Gasteiger partial charge in [-0.05, 0) is 54.4 Å². The van der Waals surface area contributed by atoms with E-state index >= 15 is 0 Å². The van der Waals surface area contributed by atoms with Gasteiger partial charge in [0.05, 0.1) is 10.4 Å². The molecular weight excluding hydrogens is 427 g/mol. The molecule has 2 aromatic heterocycles. The Bertz CT molecular complexity index is 1200. The summed E-state index contributed by atoms with van der Waals surface area (Å²) in [4.78, 5) is 27.2. The van der Waals surface area contributed by atoms with Gasteiger partial charge >= 0.3 is 0 Å². The number of aromatic nitrogens is 3. The van der Waals surface area contributed by atoms with Crippen molar-refractivity contribution in [1.29, 1.82) is 0 Å². The second-order valence-electron chi connectivity index (χ2n) is 8.72. The fraction of sp³-hybridized carbons (Fsp3) is 0.429. The summed E-state index contributed by atoms with van der Waals surface area (Å²) >= 11 is 7.27. The standard InChI is InChI=1S/C21H22ClFN4O2S/c1-21(2,3)11-4-6-13-16(8-11)30-19-18(13)20(29)27(26-25-19)10-17(28)24-12-5-7-15(23)14(22)9-12/h5,7,9,11H,4,6,8,10H2,1-3H3,(H,24,28)/t11-/m0/s1. The molecule has 0 saturated heterocycles. The van der Waals surface area contributed by atoms with Crippen LogP contribution >= 0.6 is 22.9 Å². The number of halogens is 2. The van der Waals surface area contributed by atoms with E-state index in [0.717, 1.165) is 29.5 Å². The minimum Gasteiger partial charge on any atom is -0.324 e. The number of amides is 1. The zero-order chi connectivity index (χ0) is 21.6. The fourth-order valence-electron chi connectivity index (χ4n) is 3.88. The molecule has 1 aliphatic carbocycles. The summed E-state index contributed by atoms with van der Waals surface area (Å²) < 4.78 is 14.3. The van der Waals surface area contributed by atoms with Crippen molar-refractivity contribution in [3.63, 3.8) is 0 Å². The van der Waals surface area contributed by atoms with Crippen LogP contribution < -0.4 is 10.9 Å². The van der Waals surface area contributed by atoms with E-state index in [1.807, 2.05) is 0 Å². The molecule has 0 spiro atoms. The first kappa shape index (κ1) is 20.9. The molecule has 0 bridgehead atoms. The highest BCUT2D eigenvalue weighted by molar-refractivity contribution is 7.18. The van der Waals surface area contributed by atoms with Crippen LogP contribution in [-0.4, -0.2) is 20.9 Å². The molecule has 6 nitrogen and oxygen atoms in total. The van der Waals surface area contributed by atoms with Crippen molar-refractivity contribution in [1.82, 2.24) is 15.0 Å². The number of anilines is 1. The Morgan fingerprint density at radius 1 is 1.40 bits per heavy atom. The first-order valence-corrected chi connectivity index (χ1v) is 11.0. The van der Waals surface area contributed by atoms with Crippen LogP contribution in [0.2, 0.25) is 5.02 Å². The molecule has 158 valence electrons. The molecule has 0 radical (unpaired) electrons. The topological polar surface area (TPSA) is 76.9 Å². The van der Waals surface area contributed by atoms with Gasteiger partial charge in [-0.15, -0.1) is 16.4 Å². The molecule has 2 heterocycles. The van der Waals surface area contributed by atoms with E-state index < -0.39 is 11.7 Å². The number of carbonyl (C=O) groups excluding carboxylic acids is 1. The molecule has 1 amide bonds.